The highest BCUT2D eigenvalue weighted by atomic mass is 16.4. The lowest BCUT2D eigenvalue weighted by Crippen LogP contribution is -2.48. The summed E-state index contributed by atoms with van der Waals surface area (Å²) in [6.07, 6.45) is 3.24. The molecule has 1 saturated carbocycles. The van der Waals surface area contributed by atoms with E-state index in [2.05, 4.69) is 12.2 Å². The fourth-order valence-electron chi connectivity index (χ4n) is 2.48. The first-order valence-electron chi connectivity index (χ1n) is 7.00. The van der Waals surface area contributed by atoms with Gasteiger partial charge in [0.25, 0.3) is 0 Å². The largest absolute Gasteiger partial charge is 0.481 e. The van der Waals surface area contributed by atoms with Crippen LogP contribution in [0.1, 0.15) is 39.0 Å². The molecule has 1 fully saturated rings. The van der Waals surface area contributed by atoms with Crippen molar-refractivity contribution in [3.63, 3.8) is 0 Å². The van der Waals surface area contributed by atoms with E-state index in [1.807, 2.05) is 6.07 Å². The Labute approximate surface area is 119 Å². The highest BCUT2D eigenvalue weighted by Gasteiger charge is 2.41. The predicted octanol–water partition coefficient (Wildman–Crippen LogP) is 1.82. The number of nitrogens with zero attached hydrogens (tertiary/aromatic N) is 2. The zero-order chi connectivity index (χ0) is 15.2. The minimum absolute atomic E-state index is 0.158. The molecule has 1 aliphatic rings. The molecule has 20 heavy (non-hydrogen) atoms. The van der Waals surface area contributed by atoms with Gasteiger partial charge in [-0.25, -0.2) is 4.79 Å². The molecule has 0 atom stereocenters. The van der Waals surface area contributed by atoms with Crippen molar-refractivity contribution in [2.24, 2.45) is 11.3 Å². The van der Waals surface area contributed by atoms with E-state index in [9.17, 15) is 14.7 Å². The van der Waals surface area contributed by atoms with E-state index < -0.39 is 11.4 Å². The molecule has 112 valence electrons. The summed E-state index contributed by atoms with van der Waals surface area (Å²) in [5.74, 6) is -0.277. The van der Waals surface area contributed by atoms with Crippen molar-refractivity contribution in [2.75, 3.05) is 20.1 Å². The smallest absolute Gasteiger partial charge is 0.317 e. The van der Waals surface area contributed by atoms with Crippen LogP contribution in [0.25, 0.3) is 0 Å². The lowest BCUT2D eigenvalue weighted by atomic mass is 9.71. The number of rotatable bonds is 5. The molecule has 0 spiro atoms. The average molecular weight is 281 g/mol. The van der Waals surface area contributed by atoms with Gasteiger partial charge >= 0.3 is 12.0 Å². The molecule has 0 radical (unpaired) electrons. The molecule has 1 aliphatic carbocycles. The predicted molar refractivity (Wildman–Crippen MR) is 74.0 cm³/mol. The standard InChI is InChI=1S/C14H23N3O3/c1-11-4-6-14(7-5-11,12(18)19)10-16-13(20)17(2)9-3-8-15/h11H,3-7,9-10H2,1-2H3,(H,16,20)(H,18,19). The second-order valence-corrected chi connectivity index (χ2v) is 5.76. The molecule has 0 saturated heterocycles. The van der Waals surface area contributed by atoms with Crippen molar-refractivity contribution >= 4 is 12.0 Å². The summed E-state index contributed by atoms with van der Waals surface area (Å²) < 4.78 is 0. The van der Waals surface area contributed by atoms with Crippen LogP contribution in [0.4, 0.5) is 4.79 Å². The van der Waals surface area contributed by atoms with Gasteiger partial charge in [0.2, 0.25) is 0 Å². The summed E-state index contributed by atoms with van der Waals surface area (Å²) in [5, 5.41) is 20.6. The molecule has 2 amide bonds. The molecule has 0 aromatic heterocycles. The van der Waals surface area contributed by atoms with E-state index in [4.69, 9.17) is 5.26 Å². The van der Waals surface area contributed by atoms with Gasteiger partial charge in [-0.15, -0.1) is 0 Å². The van der Waals surface area contributed by atoms with Gasteiger partial charge in [-0.1, -0.05) is 6.92 Å². The van der Waals surface area contributed by atoms with Gasteiger partial charge in [0.1, 0.15) is 0 Å². The summed E-state index contributed by atoms with van der Waals surface area (Å²) in [6, 6.07) is 1.65. The Morgan fingerprint density at radius 2 is 2.05 bits per heavy atom. The molecule has 0 aromatic carbocycles. The van der Waals surface area contributed by atoms with Gasteiger partial charge in [-0.2, -0.15) is 5.26 Å². The molecule has 0 unspecified atom stereocenters. The van der Waals surface area contributed by atoms with Gasteiger partial charge in [-0.3, -0.25) is 4.79 Å². The summed E-state index contributed by atoms with van der Waals surface area (Å²) in [7, 11) is 1.60. The zero-order valence-corrected chi connectivity index (χ0v) is 12.2. The molecule has 0 bridgehead atoms. The number of hydrogen-bond acceptors (Lipinski definition) is 3. The van der Waals surface area contributed by atoms with E-state index >= 15 is 0 Å². The number of nitrogens with one attached hydrogen (secondary N) is 1. The quantitative estimate of drug-likeness (QED) is 0.803. The molecular weight excluding hydrogens is 258 g/mol. The monoisotopic (exact) mass is 281 g/mol. The molecule has 2 N–H and O–H groups in total. The molecule has 6 heteroatoms. The lowest BCUT2D eigenvalue weighted by molar-refractivity contribution is -0.151. The highest BCUT2D eigenvalue weighted by molar-refractivity contribution is 5.78. The van der Waals surface area contributed by atoms with Gasteiger partial charge in [0, 0.05) is 20.1 Å². The first-order chi connectivity index (χ1) is 9.41. The second kappa shape index (κ2) is 7.13. The number of amides is 2. The Hall–Kier alpha value is -1.77. The Kier molecular flexibility index (Phi) is 5.81. The van der Waals surface area contributed by atoms with Crippen LogP contribution in [0, 0.1) is 22.7 Å². The van der Waals surface area contributed by atoms with Crippen LogP contribution in [-0.2, 0) is 4.79 Å². The molecule has 0 aromatic rings. The van der Waals surface area contributed by atoms with Gasteiger partial charge in [0.05, 0.1) is 17.9 Å². The third-order valence-electron chi connectivity index (χ3n) is 4.17. The fourth-order valence-corrected chi connectivity index (χ4v) is 2.48. The molecule has 1 rings (SSSR count). The number of nitriles is 1. The van der Waals surface area contributed by atoms with Crippen molar-refractivity contribution in [1.29, 1.82) is 5.26 Å². The summed E-state index contributed by atoms with van der Waals surface area (Å²) in [4.78, 5) is 24.8. The number of carbonyl (C=O) groups is 2. The minimum atomic E-state index is -0.835. The van der Waals surface area contributed by atoms with Crippen molar-refractivity contribution in [3.8, 4) is 6.07 Å². The topological polar surface area (TPSA) is 93.4 Å². The minimum Gasteiger partial charge on any atom is -0.481 e. The third kappa shape index (κ3) is 4.12. The molecule has 0 heterocycles. The maximum Gasteiger partial charge on any atom is 0.317 e. The van der Waals surface area contributed by atoms with E-state index in [1.54, 1.807) is 7.05 Å². The maximum atomic E-state index is 11.8. The first kappa shape index (κ1) is 16.3. The molecule has 0 aliphatic heterocycles. The lowest BCUT2D eigenvalue weighted by Gasteiger charge is -2.36. The van der Waals surface area contributed by atoms with Crippen molar-refractivity contribution in [3.05, 3.63) is 0 Å². The Bertz CT molecular complexity index is 395. The van der Waals surface area contributed by atoms with E-state index in [1.165, 1.54) is 4.90 Å². The summed E-state index contributed by atoms with van der Waals surface area (Å²) in [6.45, 7) is 2.63. The van der Waals surface area contributed by atoms with Crippen LogP contribution in [0.3, 0.4) is 0 Å². The Morgan fingerprint density at radius 1 is 1.45 bits per heavy atom. The molecular formula is C14H23N3O3. The summed E-state index contributed by atoms with van der Waals surface area (Å²) in [5.41, 5.74) is -0.835. The first-order valence-corrected chi connectivity index (χ1v) is 7.00. The van der Waals surface area contributed by atoms with Crippen molar-refractivity contribution < 1.29 is 14.7 Å². The number of carbonyl (C=O) groups excluding carboxylic acids is 1. The van der Waals surface area contributed by atoms with Crippen LogP contribution < -0.4 is 5.32 Å². The second-order valence-electron chi connectivity index (χ2n) is 5.76. The van der Waals surface area contributed by atoms with Crippen LogP contribution >= 0.6 is 0 Å². The van der Waals surface area contributed by atoms with Crippen LogP contribution in [-0.4, -0.2) is 42.1 Å². The van der Waals surface area contributed by atoms with Gasteiger partial charge in [-0.05, 0) is 31.6 Å². The van der Waals surface area contributed by atoms with E-state index in [-0.39, 0.29) is 19.0 Å². The van der Waals surface area contributed by atoms with Crippen LogP contribution in [0.15, 0.2) is 0 Å². The number of aliphatic carboxylic acids is 1. The van der Waals surface area contributed by atoms with Crippen LogP contribution in [0.2, 0.25) is 0 Å². The van der Waals surface area contributed by atoms with E-state index in [0.717, 1.165) is 12.8 Å². The van der Waals surface area contributed by atoms with Gasteiger partial charge < -0.3 is 15.3 Å². The van der Waals surface area contributed by atoms with Crippen LogP contribution in [0.5, 0.6) is 0 Å². The molecule has 6 nitrogen and oxygen atoms in total. The maximum absolute atomic E-state index is 11.8. The number of urea groups is 1. The van der Waals surface area contributed by atoms with Crippen molar-refractivity contribution in [1.82, 2.24) is 10.2 Å². The third-order valence-corrected chi connectivity index (χ3v) is 4.17. The highest BCUT2D eigenvalue weighted by Crippen LogP contribution is 2.38. The zero-order valence-electron chi connectivity index (χ0n) is 12.2. The Morgan fingerprint density at radius 3 is 2.55 bits per heavy atom. The number of carboxylic acid groups (broad SMARTS) is 1. The van der Waals surface area contributed by atoms with Gasteiger partial charge in [0.15, 0.2) is 0 Å². The fraction of sp³-hybridized carbons (Fsp3) is 0.786. The number of hydrogen-bond donors (Lipinski definition) is 2. The summed E-state index contributed by atoms with van der Waals surface area (Å²) >= 11 is 0. The number of carboxylic acids is 1. The SMILES string of the molecule is CC1CCC(CNC(=O)N(C)CCC#N)(C(=O)O)CC1. The average Bonchev–Trinajstić information content (AvgIpc) is 2.43. The Balaban J connectivity index is 2.54. The van der Waals surface area contributed by atoms with Crippen molar-refractivity contribution in [2.45, 2.75) is 39.0 Å². The normalized spacial score (nSPS) is 25.6. The van der Waals surface area contributed by atoms with E-state index in [0.29, 0.717) is 25.3 Å².